The van der Waals surface area contributed by atoms with Crippen LogP contribution in [0.1, 0.15) is 12.6 Å². The molecule has 2 heterocycles. The zero-order chi connectivity index (χ0) is 14.9. The lowest BCUT2D eigenvalue weighted by atomic mass is 9.73. The average molecular weight is 278 g/mol. The van der Waals surface area contributed by atoms with E-state index in [4.69, 9.17) is 0 Å². The fourth-order valence-electron chi connectivity index (χ4n) is 2.90. The SMILES string of the molecule is CC1=CC=CC(C#N)C1(c1ccc(O)cn1)n1ccnc1. The molecule has 2 aromatic heterocycles. The van der Waals surface area contributed by atoms with Crippen molar-refractivity contribution in [1.82, 2.24) is 14.5 Å². The van der Waals surface area contributed by atoms with Gasteiger partial charge in [-0.1, -0.05) is 18.2 Å². The van der Waals surface area contributed by atoms with Crippen LogP contribution in [0.5, 0.6) is 5.75 Å². The van der Waals surface area contributed by atoms with Gasteiger partial charge in [0.15, 0.2) is 0 Å². The van der Waals surface area contributed by atoms with Crippen LogP contribution in [0, 0.1) is 17.2 Å². The molecule has 0 bridgehead atoms. The molecule has 0 spiro atoms. The van der Waals surface area contributed by atoms with E-state index in [1.165, 1.54) is 6.20 Å². The Labute approximate surface area is 122 Å². The summed E-state index contributed by atoms with van der Waals surface area (Å²) < 4.78 is 1.90. The molecule has 0 saturated heterocycles. The van der Waals surface area contributed by atoms with Crippen LogP contribution in [0.4, 0.5) is 0 Å². The number of allylic oxidation sites excluding steroid dienone is 4. The predicted octanol–water partition coefficient (Wildman–Crippen LogP) is 2.38. The summed E-state index contributed by atoms with van der Waals surface area (Å²) in [7, 11) is 0. The summed E-state index contributed by atoms with van der Waals surface area (Å²) in [4.78, 5) is 8.47. The number of aromatic nitrogens is 3. The van der Waals surface area contributed by atoms with E-state index in [1.54, 1.807) is 24.7 Å². The van der Waals surface area contributed by atoms with Gasteiger partial charge in [-0.25, -0.2) is 4.98 Å². The maximum Gasteiger partial charge on any atom is 0.133 e. The van der Waals surface area contributed by atoms with Crippen molar-refractivity contribution in [2.45, 2.75) is 12.5 Å². The van der Waals surface area contributed by atoms with E-state index < -0.39 is 11.5 Å². The molecule has 1 aliphatic carbocycles. The second kappa shape index (κ2) is 4.91. The van der Waals surface area contributed by atoms with Gasteiger partial charge in [0.1, 0.15) is 11.3 Å². The van der Waals surface area contributed by atoms with E-state index in [2.05, 4.69) is 16.0 Å². The molecule has 1 aliphatic rings. The molecule has 2 unspecified atom stereocenters. The Kier molecular flexibility index (Phi) is 3.07. The highest BCUT2D eigenvalue weighted by molar-refractivity contribution is 5.43. The van der Waals surface area contributed by atoms with E-state index in [-0.39, 0.29) is 5.75 Å². The second-order valence-electron chi connectivity index (χ2n) is 4.98. The Morgan fingerprint density at radius 3 is 2.90 bits per heavy atom. The summed E-state index contributed by atoms with van der Waals surface area (Å²) in [5, 5.41) is 19.1. The first-order valence-electron chi connectivity index (χ1n) is 6.58. The normalized spacial score (nSPS) is 24.4. The number of hydrogen-bond acceptors (Lipinski definition) is 4. The van der Waals surface area contributed by atoms with Crippen LogP contribution < -0.4 is 0 Å². The van der Waals surface area contributed by atoms with Gasteiger partial charge < -0.3 is 9.67 Å². The van der Waals surface area contributed by atoms with Crippen LogP contribution in [-0.4, -0.2) is 19.6 Å². The Hall–Kier alpha value is -2.87. The van der Waals surface area contributed by atoms with E-state index in [0.717, 1.165) is 5.57 Å². The zero-order valence-electron chi connectivity index (χ0n) is 11.5. The zero-order valence-corrected chi connectivity index (χ0v) is 11.5. The highest BCUT2D eigenvalue weighted by Crippen LogP contribution is 2.42. The summed E-state index contributed by atoms with van der Waals surface area (Å²) in [6.07, 6.45) is 12.3. The topological polar surface area (TPSA) is 74.7 Å². The van der Waals surface area contributed by atoms with Crippen molar-refractivity contribution in [3.05, 3.63) is 66.5 Å². The molecule has 0 fully saturated rings. The fourth-order valence-corrected chi connectivity index (χ4v) is 2.90. The lowest BCUT2D eigenvalue weighted by Crippen LogP contribution is -2.43. The van der Waals surface area contributed by atoms with Gasteiger partial charge in [-0.3, -0.25) is 4.98 Å². The number of imidazole rings is 1. The Morgan fingerprint density at radius 2 is 2.29 bits per heavy atom. The number of nitriles is 1. The molecule has 0 saturated carbocycles. The fraction of sp³-hybridized carbons (Fsp3) is 0.188. The first kappa shape index (κ1) is 13.1. The largest absolute Gasteiger partial charge is 0.506 e. The molecular weight excluding hydrogens is 264 g/mol. The van der Waals surface area contributed by atoms with Gasteiger partial charge in [0, 0.05) is 12.4 Å². The lowest BCUT2D eigenvalue weighted by Gasteiger charge is -2.39. The summed E-state index contributed by atoms with van der Waals surface area (Å²) >= 11 is 0. The number of rotatable bonds is 2. The number of nitrogens with zero attached hydrogens (tertiary/aromatic N) is 4. The van der Waals surface area contributed by atoms with E-state index in [0.29, 0.717) is 5.69 Å². The Morgan fingerprint density at radius 1 is 1.43 bits per heavy atom. The molecule has 1 N–H and O–H groups in total. The molecule has 5 heteroatoms. The van der Waals surface area contributed by atoms with Crippen LogP contribution in [0.15, 0.2) is 60.9 Å². The monoisotopic (exact) mass is 278 g/mol. The molecule has 104 valence electrons. The summed E-state index contributed by atoms with van der Waals surface area (Å²) in [6, 6.07) is 5.68. The third-order valence-electron chi connectivity index (χ3n) is 3.89. The second-order valence-corrected chi connectivity index (χ2v) is 4.98. The predicted molar refractivity (Wildman–Crippen MR) is 77.2 cm³/mol. The van der Waals surface area contributed by atoms with Crippen molar-refractivity contribution in [2.24, 2.45) is 5.92 Å². The molecule has 2 atom stereocenters. The third kappa shape index (κ3) is 1.84. The molecule has 3 rings (SSSR count). The van der Waals surface area contributed by atoms with Crippen molar-refractivity contribution < 1.29 is 5.11 Å². The summed E-state index contributed by atoms with van der Waals surface area (Å²) in [5.41, 5.74) is 0.948. The minimum absolute atomic E-state index is 0.0982. The number of hydrogen-bond donors (Lipinski definition) is 1. The molecular formula is C16H14N4O. The quantitative estimate of drug-likeness (QED) is 0.915. The average Bonchev–Trinajstić information content (AvgIpc) is 3.02. The van der Waals surface area contributed by atoms with Gasteiger partial charge in [-0.15, -0.1) is 0 Å². The van der Waals surface area contributed by atoms with Crippen molar-refractivity contribution in [2.75, 3.05) is 0 Å². The maximum absolute atomic E-state index is 9.62. The number of pyridine rings is 1. The lowest BCUT2D eigenvalue weighted by molar-refractivity contribution is 0.349. The highest BCUT2D eigenvalue weighted by Gasteiger charge is 2.45. The minimum Gasteiger partial charge on any atom is -0.506 e. The van der Waals surface area contributed by atoms with Gasteiger partial charge >= 0.3 is 0 Å². The first-order chi connectivity index (χ1) is 10.2. The van der Waals surface area contributed by atoms with Crippen LogP contribution in [0.3, 0.4) is 0 Å². The van der Waals surface area contributed by atoms with Crippen LogP contribution >= 0.6 is 0 Å². The molecule has 0 aliphatic heterocycles. The van der Waals surface area contributed by atoms with Gasteiger partial charge in [0.05, 0.1) is 30.2 Å². The number of aromatic hydroxyl groups is 1. The maximum atomic E-state index is 9.62. The first-order valence-corrected chi connectivity index (χ1v) is 6.58. The molecule has 5 nitrogen and oxygen atoms in total. The van der Waals surface area contributed by atoms with Crippen LogP contribution in [0.25, 0.3) is 0 Å². The highest BCUT2D eigenvalue weighted by atomic mass is 16.3. The van der Waals surface area contributed by atoms with Crippen LogP contribution in [0.2, 0.25) is 0 Å². The molecule has 21 heavy (non-hydrogen) atoms. The minimum atomic E-state index is -0.742. The third-order valence-corrected chi connectivity index (χ3v) is 3.89. The van der Waals surface area contributed by atoms with Gasteiger partial charge in [0.2, 0.25) is 0 Å². The van der Waals surface area contributed by atoms with E-state index in [1.807, 2.05) is 35.9 Å². The summed E-state index contributed by atoms with van der Waals surface area (Å²) in [5.74, 6) is -0.310. The van der Waals surface area contributed by atoms with E-state index >= 15 is 0 Å². The van der Waals surface area contributed by atoms with E-state index in [9.17, 15) is 10.4 Å². The molecule has 2 aromatic rings. The van der Waals surface area contributed by atoms with Crippen molar-refractivity contribution >= 4 is 0 Å². The molecule has 0 amide bonds. The van der Waals surface area contributed by atoms with Crippen molar-refractivity contribution in [3.8, 4) is 11.8 Å². The van der Waals surface area contributed by atoms with Gasteiger partial charge in [-0.2, -0.15) is 5.26 Å². The molecule has 0 aromatic carbocycles. The standard InChI is InChI=1S/C16H14N4O/c1-12-3-2-4-13(9-17)16(12,20-8-7-18-11-20)15-6-5-14(21)10-19-15/h2-8,10-11,13,21H,1H3. The van der Waals surface area contributed by atoms with Crippen molar-refractivity contribution in [1.29, 1.82) is 5.26 Å². The Bertz CT molecular complexity index is 738. The Balaban J connectivity index is 2.30. The van der Waals surface area contributed by atoms with Crippen LogP contribution in [-0.2, 0) is 5.54 Å². The molecule has 0 radical (unpaired) electrons. The van der Waals surface area contributed by atoms with Gasteiger partial charge in [-0.05, 0) is 24.6 Å². The van der Waals surface area contributed by atoms with Crippen molar-refractivity contribution in [3.63, 3.8) is 0 Å². The van der Waals surface area contributed by atoms with Gasteiger partial charge in [0.25, 0.3) is 0 Å². The summed E-state index contributed by atoms with van der Waals surface area (Å²) in [6.45, 7) is 1.97. The smallest absolute Gasteiger partial charge is 0.133 e.